The van der Waals surface area contributed by atoms with Gasteiger partial charge in [-0.1, -0.05) is 6.07 Å². The van der Waals surface area contributed by atoms with Crippen molar-refractivity contribution in [2.45, 2.75) is 32.2 Å². The number of aromatic hydroxyl groups is 1. The smallest absolute Gasteiger partial charge is 0.254 e. The molecule has 1 heterocycles. The summed E-state index contributed by atoms with van der Waals surface area (Å²) in [4.78, 5) is 14.2. The molecule has 0 saturated carbocycles. The molecule has 0 spiro atoms. The van der Waals surface area contributed by atoms with Gasteiger partial charge in [-0.05, 0) is 38.3 Å². The number of carbonyl (C=O) groups is 1. The number of rotatable bonds is 2. The Kier molecular flexibility index (Phi) is 3.87. The predicted molar refractivity (Wildman–Crippen MR) is 68.6 cm³/mol. The average Bonchev–Trinajstić information content (AvgIpc) is 2.41. The molecule has 0 bridgehead atoms. The van der Waals surface area contributed by atoms with Crippen LogP contribution in [0.15, 0.2) is 18.2 Å². The Hall–Kier alpha value is -1.55. The lowest BCUT2D eigenvalue weighted by atomic mass is 9.99. The molecule has 1 aromatic rings. The monoisotopic (exact) mass is 249 g/mol. The summed E-state index contributed by atoms with van der Waals surface area (Å²) in [5.41, 5.74) is 1.13. The second-order valence-electron chi connectivity index (χ2n) is 4.78. The van der Waals surface area contributed by atoms with Gasteiger partial charge < -0.3 is 15.1 Å². The fourth-order valence-corrected chi connectivity index (χ4v) is 2.47. The van der Waals surface area contributed by atoms with Gasteiger partial charge in [-0.15, -0.1) is 0 Å². The molecule has 4 nitrogen and oxygen atoms in total. The van der Waals surface area contributed by atoms with E-state index in [1.165, 1.54) is 0 Å². The third-order valence-corrected chi connectivity index (χ3v) is 3.63. The van der Waals surface area contributed by atoms with E-state index in [0.29, 0.717) is 17.7 Å². The highest BCUT2D eigenvalue weighted by molar-refractivity contribution is 5.96. The van der Waals surface area contributed by atoms with Crippen molar-refractivity contribution in [1.82, 2.24) is 4.90 Å². The lowest BCUT2D eigenvalue weighted by Gasteiger charge is -2.35. The van der Waals surface area contributed by atoms with Crippen molar-refractivity contribution in [3.05, 3.63) is 29.3 Å². The van der Waals surface area contributed by atoms with Crippen molar-refractivity contribution >= 4 is 5.91 Å². The normalized spacial score (nSPS) is 19.9. The molecule has 2 rings (SSSR count). The standard InChI is InChI=1S/C14H19NO3/c1-10-12(6-4-7-13(10)17)14(18)15-8-3-2-5-11(15)9-16/h4,6-7,11,16-17H,2-3,5,8-9H2,1H3. The molecule has 1 saturated heterocycles. The molecule has 4 heteroatoms. The quantitative estimate of drug-likeness (QED) is 0.838. The number of amides is 1. The van der Waals surface area contributed by atoms with E-state index in [1.54, 1.807) is 30.0 Å². The molecule has 2 N–H and O–H groups in total. The van der Waals surface area contributed by atoms with Gasteiger partial charge in [0.2, 0.25) is 0 Å². The summed E-state index contributed by atoms with van der Waals surface area (Å²) >= 11 is 0. The maximum Gasteiger partial charge on any atom is 0.254 e. The van der Waals surface area contributed by atoms with Crippen LogP contribution in [0, 0.1) is 6.92 Å². The van der Waals surface area contributed by atoms with Gasteiger partial charge in [0.15, 0.2) is 0 Å². The van der Waals surface area contributed by atoms with Gasteiger partial charge in [0.05, 0.1) is 12.6 Å². The summed E-state index contributed by atoms with van der Waals surface area (Å²) in [6, 6.07) is 4.88. The minimum atomic E-state index is -0.0952. The van der Waals surface area contributed by atoms with E-state index < -0.39 is 0 Å². The van der Waals surface area contributed by atoms with Gasteiger partial charge in [0.25, 0.3) is 5.91 Å². The SMILES string of the molecule is Cc1c(O)cccc1C(=O)N1CCCCC1CO. The number of carbonyl (C=O) groups excluding carboxylic acids is 1. The summed E-state index contributed by atoms with van der Waals surface area (Å²) in [6.07, 6.45) is 2.87. The van der Waals surface area contributed by atoms with Crippen LogP contribution in [0.3, 0.4) is 0 Å². The van der Waals surface area contributed by atoms with Crippen LogP contribution in [0.1, 0.15) is 35.2 Å². The number of nitrogens with zero attached hydrogens (tertiary/aromatic N) is 1. The molecule has 18 heavy (non-hydrogen) atoms. The van der Waals surface area contributed by atoms with Crippen molar-refractivity contribution in [1.29, 1.82) is 0 Å². The molecule has 1 atom stereocenters. The first kappa shape index (κ1) is 12.9. The van der Waals surface area contributed by atoms with Crippen LogP contribution in [-0.2, 0) is 0 Å². The van der Waals surface area contributed by atoms with E-state index in [2.05, 4.69) is 0 Å². The number of benzene rings is 1. The molecular formula is C14H19NO3. The molecule has 98 valence electrons. The molecule has 0 aromatic heterocycles. The van der Waals surface area contributed by atoms with Gasteiger partial charge in [-0.25, -0.2) is 0 Å². The minimum absolute atomic E-state index is 0.00357. The Morgan fingerprint density at radius 1 is 1.44 bits per heavy atom. The second-order valence-corrected chi connectivity index (χ2v) is 4.78. The first-order valence-electron chi connectivity index (χ1n) is 6.35. The average molecular weight is 249 g/mol. The van der Waals surface area contributed by atoms with Crippen LogP contribution in [0.4, 0.5) is 0 Å². The highest BCUT2D eigenvalue weighted by Crippen LogP contribution is 2.24. The fourth-order valence-electron chi connectivity index (χ4n) is 2.47. The summed E-state index contributed by atoms with van der Waals surface area (Å²) in [5, 5.41) is 19.0. The van der Waals surface area contributed by atoms with E-state index in [0.717, 1.165) is 19.3 Å². The molecular weight excluding hydrogens is 230 g/mol. The van der Waals surface area contributed by atoms with E-state index in [9.17, 15) is 15.0 Å². The minimum Gasteiger partial charge on any atom is -0.508 e. The van der Waals surface area contributed by atoms with E-state index in [1.807, 2.05) is 0 Å². The van der Waals surface area contributed by atoms with Crippen LogP contribution in [0.5, 0.6) is 5.75 Å². The Bertz CT molecular complexity index is 445. The number of phenols is 1. The third kappa shape index (κ3) is 2.34. The lowest BCUT2D eigenvalue weighted by molar-refractivity contribution is 0.0502. The second kappa shape index (κ2) is 5.40. The van der Waals surface area contributed by atoms with E-state index >= 15 is 0 Å². The Balaban J connectivity index is 2.27. The van der Waals surface area contributed by atoms with E-state index in [4.69, 9.17) is 0 Å². The number of hydrogen-bond donors (Lipinski definition) is 2. The Morgan fingerprint density at radius 2 is 2.22 bits per heavy atom. The highest BCUT2D eigenvalue weighted by atomic mass is 16.3. The number of aliphatic hydroxyl groups is 1. The topological polar surface area (TPSA) is 60.8 Å². The van der Waals surface area contributed by atoms with Gasteiger partial charge in [-0.3, -0.25) is 4.79 Å². The van der Waals surface area contributed by atoms with Crippen molar-refractivity contribution in [2.75, 3.05) is 13.2 Å². The van der Waals surface area contributed by atoms with Crippen molar-refractivity contribution in [2.24, 2.45) is 0 Å². The molecule has 1 aliphatic rings. The molecule has 1 unspecified atom stereocenters. The summed E-state index contributed by atoms with van der Waals surface area (Å²) in [7, 11) is 0. The maximum atomic E-state index is 12.4. The summed E-state index contributed by atoms with van der Waals surface area (Å²) in [6.45, 7) is 2.42. The number of likely N-dealkylation sites (tertiary alicyclic amines) is 1. The van der Waals surface area contributed by atoms with Gasteiger partial charge >= 0.3 is 0 Å². The van der Waals surface area contributed by atoms with Crippen LogP contribution in [0.2, 0.25) is 0 Å². The number of hydrogen-bond acceptors (Lipinski definition) is 3. The van der Waals surface area contributed by atoms with Gasteiger partial charge in [0, 0.05) is 17.7 Å². The van der Waals surface area contributed by atoms with Crippen LogP contribution in [-0.4, -0.2) is 40.2 Å². The Morgan fingerprint density at radius 3 is 2.94 bits per heavy atom. The molecule has 1 amide bonds. The summed E-state index contributed by atoms with van der Waals surface area (Å²) < 4.78 is 0. The highest BCUT2D eigenvalue weighted by Gasteiger charge is 2.27. The van der Waals surface area contributed by atoms with Crippen molar-refractivity contribution in [3.8, 4) is 5.75 Å². The first-order chi connectivity index (χ1) is 8.65. The predicted octanol–water partition coefficient (Wildman–Crippen LogP) is 1.69. The zero-order valence-electron chi connectivity index (χ0n) is 10.6. The molecule has 0 radical (unpaired) electrons. The lowest BCUT2D eigenvalue weighted by Crippen LogP contribution is -2.45. The first-order valence-corrected chi connectivity index (χ1v) is 6.35. The van der Waals surface area contributed by atoms with Gasteiger partial charge in [-0.2, -0.15) is 0 Å². The van der Waals surface area contributed by atoms with Crippen LogP contribution >= 0.6 is 0 Å². The maximum absolute atomic E-state index is 12.4. The molecule has 0 aliphatic carbocycles. The van der Waals surface area contributed by atoms with Crippen molar-refractivity contribution in [3.63, 3.8) is 0 Å². The van der Waals surface area contributed by atoms with Crippen LogP contribution < -0.4 is 0 Å². The zero-order valence-corrected chi connectivity index (χ0v) is 10.6. The largest absolute Gasteiger partial charge is 0.508 e. The van der Waals surface area contributed by atoms with E-state index in [-0.39, 0.29) is 24.3 Å². The molecule has 1 aromatic carbocycles. The fraction of sp³-hybridized carbons (Fsp3) is 0.500. The van der Waals surface area contributed by atoms with Crippen molar-refractivity contribution < 1.29 is 15.0 Å². The molecule has 1 fully saturated rings. The summed E-state index contributed by atoms with van der Waals surface area (Å²) in [5.74, 6) is 0.0422. The van der Waals surface area contributed by atoms with Crippen LogP contribution in [0.25, 0.3) is 0 Å². The molecule has 1 aliphatic heterocycles. The van der Waals surface area contributed by atoms with Gasteiger partial charge in [0.1, 0.15) is 5.75 Å². The number of aliphatic hydroxyl groups excluding tert-OH is 1. The number of piperidine rings is 1. The number of phenolic OH excluding ortho intramolecular Hbond substituents is 1. The third-order valence-electron chi connectivity index (χ3n) is 3.63. The zero-order chi connectivity index (χ0) is 13.1. The Labute approximate surface area is 107 Å².